The maximum Gasteiger partial charge on any atom is 0.246 e. The number of carbonyl (C=O) groups is 1. The van der Waals surface area contributed by atoms with Crippen LogP contribution in [0.1, 0.15) is 30.3 Å². The molecule has 1 unspecified atom stereocenters. The number of benzene rings is 1. The molecule has 0 spiro atoms. The second-order valence-corrected chi connectivity index (χ2v) is 6.52. The Morgan fingerprint density at radius 3 is 2.93 bits per heavy atom. The third-order valence-corrected chi connectivity index (χ3v) is 4.53. The zero-order valence-corrected chi connectivity index (χ0v) is 15.5. The Bertz CT molecular complexity index is 928. The van der Waals surface area contributed by atoms with E-state index >= 15 is 0 Å². The molecule has 0 bridgehead atoms. The largest absolute Gasteiger partial charge is 0.497 e. The molecule has 1 aliphatic heterocycles. The van der Waals surface area contributed by atoms with Gasteiger partial charge in [-0.2, -0.15) is 4.98 Å². The summed E-state index contributed by atoms with van der Waals surface area (Å²) in [7, 11) is 1.62. The van der Waals surface area contributed by atoms with Gasteiger partial charge in [0.15, 0.2) is 5.82 Å². The molecule has 3 aromatic rings. The Labute approximate surface area is 161 Å². The summed E-state index contributed by atoms with van der Waals surface area (Å²) in [5.74, 6) is 2.08. The van der Waals surface area contributed by atoms with E-state index < -0.39 is 0 Å². The Balaban J connectivity index is 1.33. The highest BCUT2D eigenvalue weighted by atomic mass is 16.5. The van der Waals surface area contributed by atoms with Crippen molar-refractivity contribution in [1.82, 2.24) is 25.8 Å². The number of aromatic nitrogens is 3. The molecular weight excluding hydrogens is 362 g/mol. The molecular formula is C19H21N5O4. The van der Waals surface area contributed by atoms with E-state index in [0.717, 1.165) is 30.7 Å². The number of amides is 1. The molecule has 1 fully saturated rings. The molecule has 1 atom stereocenters. The van der Waals surface area contributed by atoms with E-state index in [1.807, 2.05) is 24.3 Å². The number of hydrogen-bond acceptors (Lipinski definition) is 8. The minimum absolute atomic E-state index is 0.0436. The first-order valence-corrected chi connectivity index (χ1v) is 9.12. The lowest BCUT2D eigenvalue weighted by molar-refractivity contribution is -0.123. The lowest BCUT2D eigenvalue weighted by Gasteiger charge is -2.08. The first-order chi connectivity index (χ1) is 13.7. The first-order valence-electron chi connectivity index (χ1n) is 9.12. The van der Waals surface area contributed by atoms with Crippen LogP contribution >= 0.6 is 0 Å². The van der Waals surface area contributed by atoms with Gasteiger partial charge in [0.25, 0.3) is 0 Å². The summed E-state index contributed by atoms with van der Waals surface area (Å²) < 4.78 is 15.9. The van der Waals surface area contributed by atoms with Gasteiger partial charge in [0.1, 0.15) is 12.0 Å². The average Bonchev–Trinajstić information content (AvgIpc) is 3.49. The summed E-state index contributed by atoms with van der Waals surface area (Å²) >= 11 is 0. The smallest absolute Gasteiger partial charge is 0.246 e. The predicted molar refractivity (Wildman–Crippen MR) is 98.5 cm³/mol. The van der Waals surface area contributed by atoms with E-state index in [2.05, 4.69) is 25.8 Å². The Morgan fingerprint density at radius 2 is 2.18 bits per heavy atom. The van der Waals surface area contributed by atoms with Crippen molar-refractivity contribution >= 4 is 5.91 Å². The van der Waals surface area contributed by atoms with Crippen LogP contribution in [0.3, 0.4) is 0 Å². The van der Waals surface area contributed by atoms with Gasteiger partial charge in [0.05, 0.1) is 31.8 Å². The fourth-order valence-electron chi connectivity index (χ4n) is 3.04. The van der Waals surface area contributed by atoms with Gasteiger partial charge in [-0.15, -0.1) is 0 Å². The van der Waals surface area contributed by atoms with Crippen LogP contribution in [0, 0.1) is 0 Å². The van der Waals surface area contributed by atoms with Crippen LogP contribution in [0.2, 0.25) is 0 Å². The quantitative estimate of drug-likeness (QED) is 0.633. The minimum Gasteiger partial charge on any atom is -0.497 e. The second-order valence-electron chi connectivity index (χ2n) is 6.52. The van der Waals surface area contributed by atoms with E-state index in [4.69, 9.17) is 13.7 Å². The van der Waals surface area contributed by atoms with Gasteiger partial charge in [0, 0.05) is 5.56 Å². The molecule has 3 heterocycles. The number of carbonyl (C=O) groups excluding carboxylic acids is 1. The van der Waals surface area contributed by atoms with Gasteiger partial charge < -0.3 is 24.3 Å². The molecule has 146 valence electrons. The molecule has 9 heteroatoms. The Morgan fingerprint density at radius 1 is 1.32 bits per heavy atom. The van der Waals surface area contributed by atoms with Crippen molar-refractivity contribution in [3.63, 3.8) is 0 Å². The van der Waals surface area contributed by atoms with Gasteiger partial charge in [-0.3, -0.25) is 4.79 Å². The lowest BCUT2D eigenvalue weighted by Crippen LogP contribution is -2.40. The van der Waals surface area contributed by atoms with E-state index in [0.29, 0.717) is 29.7 Å². The fraction of sp³-hybridized carbons (Fsp3) is 0.368. The van der Waals surface area contributed by atoms with Crippen LogP contribution in [-0.4, -0.2) is 40.7 Å². The summed E-state index contributed by atoms with van der Waals surface area (Å²) in [6, 6.07) is 7.32. The van der Waals surface area contributed by atoms with Crippen LogP contribution in [0.5, 0.6) is 5.75 Å². The first kappa shape index (κ1) is 18.2. The predicted octanol–water partition coefficient (Wildman–Crippen LogP) is 1.69. The maximum atomic E-state index is 12.0. The van der Waals surface area contributed by atoms with Crippen LogP contribution < -0.4 is 15.4 Å². The third-order valence-electron chi connectivity index (χ3n) is 4.53. The summed E-state index contributed by atoms with van der Waals surface area (Å²) in [4.78, 5) is 20.8. The number of hydrogen-bond donors (Lipinski definition) is 2. The molecule has 1 aliphatic rings. The minimum atomic E-state index is -0.131. The topological polar surface area (TPSA) is 115 Å². The summed E-state index contributed by atoms with van der Waals surface area (Å²) in [6.07, 6.45) is 3.81. The molecule has 1 amide bonds. The van der Waals surface area contributed by atoms with E-state index in [9.17, 15) is 4.79 Å². The van der Waals surface area contributed by atoms with Crippen molar-refractivity contribution in [2.24, 2.45) is 0 Å². The number of rotatable bonds is 7. The molecule has 1 aromatic carbocycles. The Hall–Kier alpha value is -3.20. The van der Waals surface area contributed by atoms with Gasteiger partial charge in [-0.1, -0.05) is 5.16 Å². The zero-order valence-electron chi connectivity index (χ0n) is 15.5. The monoisotopic (exact) mass is 383 g/mol. The molecule has 0 saturated carbocycles. The highest BCUT2D eigenvalue weighted by Gasteiger charge is 2.22. The molecule has 0 aliphatic carbocycles. The van der Waals surface area contributed by atoms with Crippen LogP contribution in [0.15, 0.2) is 39.5 Å². The van der Waals surface area contributed by atoms with E-state index in [-0.39, 0.29) is 18.5 Å². The van der Waals surface area contributed by atoms with E-state index in [1.54, 1.807) is 13.4 Å². The number of oxazole rings is 1. The molecule has 0 radical (unpaired) electrons. The van der Waals surface area contributed by atoms with Gasteiger partial charge in [-0.25, -0.2) is 4.98 Å². The van der Waals surface area contributed by atoms with Crippen molar-refractivity contribution in [3.8, 4) is 17.2 Å². The molecule has 1 saturated heterocycles. The average molecular weight is 383 g/mol. The van der Waals surface area contributed by atoms with Crippen LogP contribution in [0.25, 0.3) is 11.5 Å². The molecule has 28 heavy (non-hydrogen) atoms. The third kappa shape index (κ3) is 4.20. The van der Waals surface area contributed by atoms with Crippen molar-refractivity contribution in [3.05, 3.63) is 47.9 Å². The standard InChI is InChI=1S/C19H21N5O4/c1-26-14-6-4-12(5-7-14)19-22-13(11-27-19)9-16-23-17(28-24-16)10-21-18(25)15-3-2-8-20-15/h4-7,11,15,20H,2-3,8-10H2,1H3,(H,21,25). The highest BCUT2D eigenvalue weighted by Crippen LogP contribution is 2.22. The number of ether oxygens (including phenoxy) is 1. The van der Waals surface area contributed by atoms with Crippen molar-refractivity contribution < 1.29 is 18.5 Å². The number of nitrogens with zero attached hydrogens (tertiary/aromatic N) is 3. The van der Waals surface area contributed by atoms with Gasteiger partial charge >= 0.3 is 0 Å². The zero-order chi connectivity index (χ0) is 19.3. The molecule has 2 N–H and O–H groups in total. The normalized spacial score (nSPS) is 16.2. The summed E-state index contributed by atoms with van der Waals surface area (Å²) in [5, 5.41) is 9.90. The van der Waals surface area contributed by atoms with Gasteiger partial charge in [-0.05, 0) is 43.7 Å². The highest BCUT2D eigenvalue weighted by molar-refractivity contribution is 5.81. The van der Waals surface area contributed by atoms with Crippen molar-refractivity contribution in [2.45, 2.75) is 31.8 Å². The number of nitrogens with one attached hydrogen (secondary N) is 2. The fourth-order valence-corrected chi connectivity index (χ4v) is 3.04. The second kappa shape index (κ2) is 8.22. The van der Waals surface area contributed by atoms with E-state index in [1.165, 1.54) is 0 Å². The maximum absolute atomic E-state index is 12.0. The Kier molecular flexibility index (Phi) is 5.34. The molecule has 2 aromatic heterocycles. The van der Waals surface area contributed by atoms with Crippen molar-refractivity contribution in [1.29, 1.82) is 0 Å². The summed E-state index contributed by atoms with van der Waals surface area (Å²) in [6.45, 7) is 1.08. The van der Waals surface area contributed by atoms with Crippen LogP contribution in [-0.2, 0) is 17.8 Å². The SMILES string of the molecule is COc1ccc(-c2nc(Cc3noc(CNC(=O)C4CCCN4)n3)co2)cc1. The molecule has 9 nitrogen and oxygen atoms in total. The lowest BCUT2D eigenvalue weighted by atomic mass is 10.2. The van der Waals surface area contributed by atoms with Crippen molar-refractivity contribution in [2.75, 3.05) is 13.7 Å². The van der Waals surface area contributed by atoms with Crippen LogP contribution in [0.4, 0.5) is 0 Å². The summed E-state index contributed by atoms with van der Waals surface area (Å²) in [5.41, 5.74) is 1.54. The number of methoxy groups -OCH3 is 1. The molecule has 4 rings (SSSR count). The van der Waals surface area contributed by atoms with Gasteiger partial charge in [0.2, 0.25) is 17.7 Å².